The number of cyclic esters (lactones) is 1. The topological polar surface area (TPSA) is 58.6 Å². The SMILES string of the molecule is Cc1cccc(CNC(=O)CN2CCCOC2=O)c1. The first-order valence-electron chi connectivity index (χ1n) is 6.39. The maximum Gasteiger partial charge on any atom is 0.410 e. The van der Waals surface area contributed by atoms with Gasteiger partial charge in [0.05, 0.1) is 6.61 Å². The summed E-state index contributed by atoms with van der Waals surface area (Å²) in [4.78, 5) is 24.6. The van der Waals surface area contributed by atoms with Crippen LogP contribution in [0.25, 0.3) is 0 Å². The van der Waals surface area contributed by atoms with E-state index in [4.69, 9.17) is 4.74 Å². The second kappa shape index (κ2) is 6.22. The molecule has 1 aliphatic heterocycles. The molecule has 1 saturated heterocycles. The van der Waals surface area contributed by atoms with Gasteiger partial charge in [-0.25, -0.2) is 4.79 Å². The van der Waals surface area contributed by atoms with Crippen molar-refractivity contribution in [3.8, 4) is 0 Å². The van der Waals surface area contributed by atoms with Gasteiger partial charge in [0.15, 0.2) is 0 Å². The summed E-state index contributed by atoms with van der Waals surface area (Å²) in [5, 5.41) is 2.81. The third-order valence-electron chi connectivity index (χ3n) is 2.96. The Hall–Kier alpha value is -2.04. The van der Waals surface area contributed by atoms with Crippen molar-refractivity contribution >= 4 is 12.0 Å². The van der Waals surface area contributed by atoms with E-state index >= 15 is 0 Å². The van der Waals surface area contributed by atoms with Gasteiger partial charge in [-0.3, -0.25) is 9.69 Å². The zero-order valence-electron chi connectivity index (χ0n) is 11.0. The summed E-state index contributed by atoms with van der Waals surface area (Å²) in [6.45, 7) is 3.57. The van der Waals surface area contributed by atoms with Crippen molar-refractivity contribution in [3.63, 3.8) is 0 Å². The number of carbonyl (C=O) groups excluding carboxylic acids is 2. The first kappa shape index (κ1) is 13.4. The average molecular weight is 262 g/mol. The molecule has 0 spiro atoms. The van der Waals surface area contributed by atoms with Gasteiger partial charge < -0.3 is 10.1 Å². The van der Waals surface area contributed by atoms with Gasteiger partial charge in [0.2, 0.25) is 5.91 Å². The van der Waals surface area contributed by atoms with Crippen molar-refractivity contribution in [1.82, 2.24) is 10.2 Å². The molecule has 0 atom stereocenters. The molecule has 2 amide bonds. The summed E-state index contributed by atoms with van der Waals surface area (Å²) < 4.78 is 4.88. The van der Waals surface area contributed by atoms with Gasteiger partial charge in [0, 0.05) is 13.1 Å². The van der Waals surface area contributed by atoms with Crippen LogP contribution in [0.5, 0.6) is 0 Å². The van der Waals surface area contributed by atoms with Crippen LogP contribution in [0.3, 0.4) is 0 Å². The molecule has 1 fully saturated rings. The largest absolute Gasteiger partial charge is 0.449 e. The molecule has 1 aromatic carbocycles. The highest BCUT2D eigenvalue weighted by molar-refractivity contribution is 5.82. The summed E-state index contributed by atoms with van der Waals surface area (Å²) in [6.07, 6.45) is 0.369. The fourth-order valence-electron chi connectivity index (χ4n) is 1.99. The van der Waals surface area contributed by atoms with Crippen molar-refractivity contribution in [1.29, 1.82) is 0 Å². The highest BCUT2D eigenvalue weighted by atomic mass is 16.6. The average Bonchev–Trinajstić information content (AvgIpc) is 2.39. The van der Waals surface area contributed by atoms with Gasteiger partial charge in [0.25, 0.3) is 0 Å². The van der Waals surface area contributed by atoms with Crippen molar-refractivity contribution in [2.24, 2.45) is 0 Å². The quantitative estimate of drug-likeness (QED) is 0.893. The highest BCUT2D eigenvalue weighted by Gasteiger charge is 2.21. The number of ether oxygens (including phenoxy) is 1. The molecule has 1 aliphatic rings. The number of amides is 2. The fraction of sp³-hybridized carbons (Fsp3) is 0.429. The van der Waals surface area contributed by atoms with Gasteiger partial charge in [0.1, 0.15) is 6.54 Å². The van der Waals surface area contributed by atoms with Crippen LogP contribution in [0.2, 0.25) is 0 Å². The van der Waals surface area contributed by atoms with Gasteiger partial charge in [-0.1, -0.05) is 29.8 Å². The zero-order valence-corrected chi connectivity index (χ0v) is 11.0. The van der Waals surface area contributed by atoms with Crippen LogP contribution in [0.1, 0.15) is 17.5 Å². The van der Waals surface area contributed by atoms with E-state index in [2.05, 4.69) is 5.32 Å². The first-order valence-corrected chi connectivity index (χ1v) is 6.39. The Morgan fingerprint density at radius 1 is 1.47 bits per heavy atom. The van der Waals surface area contributed by atoms with Gasteiger partial charge in [-0.2, -0.15) is 0 Å². The second-order valence-electron chi connectivity index (χ2n) is 4.66. The van der Waals surface area contributed by atoms with E-state index < -0.39 is 6.09 Å². The van der Waals surface area contributed by atoms with E-state index in [0.717, 1.165) is 17.5 Å². The number of hydrogen-bond donors (Lipinski definition) is 1. The lowest BCUT2D eigenvalue weighted by atomic mass is 10.1. The Balaban J connectivity index is 1.79. The number of hydrogen-bond acceptors (Lipinski definition) is 3. The van der Waals surface area contributed by atoms with Crippen molar-refractivity contribution < 1.29 is 14.3 Å². The Labute approximate surface area is 112 Å². The molecule has 0 radical (unpaired) electrons. The van der Waals surface area contributed by atoms with E-state index in [1.807, 2.05) is 31.2 Å². The molecular weight excluding hydrogens is 244 g/mol. The van der Waals surface area contributed by atoms with Gasteiger partial charge >= 0.3 is 6.09 Å². The molecular formula is C14H18N2O3. The van der Waals surface area contributed by atoms with Crippen LogP contribution in [0.15, 0.2) is 24.3 Å². The molecule has 19 heavy (non-hydrogen) atoms. The molecule has 0 unspecified atom stereocenters. The molecule has 1 aromatic rings. The molecule has 5 nitrogen and oxygen atoms in total. The number of carbonyl (C=O) groups is 2. The van der Waals surface area contributed by atoms with Gasteiger partial charge in [-0.15, -0.1) is 0 Å². The molecule has 0 bridgehead atoms. The number of nitrogens with zero attached hydrogens (tertiary/aromatic N) is 1. The molecule has 1 N–H and O–H groups in total. The lowest BCUT2D eigenvalue weighted by molar-refractivity contribution is -0.122. The summed E-state index contributed by atoms with van der Waals surface area (Å²) >= 11 is 0. The lowest BCUT2D eigenvalue weighted by Crippen LogP contribution is -2.44. The van der Waals surface area contributed by atoms with Crippen LogP contribution in [0, 0.1) is 6.92 Å². The minimum Gasteiger partial charge on any atom is -0.449 e. The Morgan fingerprint density at radius 2 is 2.32 bits per heavy atom. The Bertz CT molecular complexity index is 474. The standard InChI is InChI=1S/C14H18N2O3/c1-11-4-2-5-12(8-11)9-15-13(17)10-16-6-3-7-19-14(16)18/h2,4-5,8H,3,6-7,9-10H2,1H3,(H,15,17). The van der Waals surface area contributed by atoms with Crippen LogP contribution >= 0.6 is 0 Å². The smallest absolute Gasteiger partial charge is 0.410 e. The molecule has 1 heterocycles. The summed E-state index contributed by atoms with van der Waals surface area (Å²) in [5.74, 6) is -0.166. The van der Waals surface area contributed by atoms with Crippen molar-refractivity contribution in [2.75, 3.05) is 19.7 Å². The highest BCUT2D eigenvalue weighted by Crippen LogP contribution is 2.05. The van der Waals surface area contributed by atoms with E-state index in [1.165, 1.54) is 4.90 Å². The normalized spacial score (nSPS) is 15.0. The van der Waals surface area contributed by atoms with E-state index in [0.29, 0.717) is 19.7 Å². The summed E-state index contributed by atoms with van der Waals surface area (Å²) in [7, 11) is 0. The maximum atomic E-state index is 11.8. The number of benzene rings is 1. The molecule has 2 rings (SSSR count). The lowest BCUT2D eigenvalue weighted by Gasteiger charge is -2.25. The predicted molar refractivity (Wildman–Crippen MR) is 70.6 cm³/mol. The predicted octanol–water partition coefficient (Wildman–Crippen LogP) is 1.45. The first-order chi connectivity index (χ1) is 9.15. The summed E-state index contributed by atoms with van der Waals surface area (Å²) in [6, 6.07) is 7.95. The van der Waals surface area contributed by atoms with Gasteiger partial charge in [-0.05, 0) is 18.9 Å². The number of rotatable bonds is 4. The Morgan fingerprint density at radius 3 is 3.05 bits per heavy atom. The molecule has 102 valence electrons. The van der Waals surface area contributed by atoms with E-state index in [9.17, 15) is 9.59 Å². The molecule has 0 aromatic heterocycles. The third-order valence-corrected chi connectivity index (χ3v) is 2.96. The number of nitrogens with one attached hydrogen (secondary N) is 1. The molecule has 5 heteroatoms. The number of aryl methyl sites for hydroxylation is 1. The van der Waals surface area contributed by atoms with Crippen LogP contribution in [0.4, 0.5) is 4.79 Å². The fourth-order valence-corrected chi connectivity index (χ4v) is 1.99. The minimum atomic E-state index is -0.406. The monoisotopic (exact) mass is 262 g/mol. The second-order valence-corrected chi connectivity index (χ2v) is 4.66. The van der Waals surface area contributed by atoms with Crippen molar-refractivity contribution in [3.05, 3.63) is 35.4 Å². The maximum absolute atomic E-state index is 11.8. The minimum absolute atomic E-state index is 0.0602. The molecule has 0 aliphatic carbocycles. The Kier molecular flexibility index (Phi) is 4.39. The van der Waals surface area contributed by atoms with Crippen LogP contribution < -0.4 is 5.32 Å². The summed E-state index contributed by atoms with van der Waals surface area (Å²) in [5.41, 5.74) is 2.21. The molecule has 0 saturated carbocycles. The zero-order chi connectivity index (χ0) is 13.7. The third kappa shape index (κ3) is 3.98. The van der Waals surface area contributed by atoms with Crippen molar-refractivity contribution in [2.45, 2.75) is 19.9 Å². The van der Waals surface area contributed by atoms with E-state index in [-0.39, 0.29) is 12.5 Å². The van der Waals surface area contributed by atoms with E-state index in [1.54, 1.807) is 0 Å². The van der Waals surface area contributed by atoms with Crippen LogP contribution in [-0.2, 0) is 16.1 Å². The van der Waals surface area contributed by atoms with Crippen LogP contribution in [-0.4, -0.2) is 36.6 Å².